The summed E-state index contributed by atoms with van der Waals surface area (Å²) >= 11 is 15.0. The van der Waals surface area contributed by atoms with Crippen LogP contribution in [0.1, 0.15) is 15.3 Å². The van der Waals surface area contributed by atoms with Crippen molar-refractivity contribution in [1.29, 1.82) is 0 Å². The van der Waals surface area contributed by atoms with Gasteiger partial charge in [-0.05, 0) is 41.6 Å². The van der Waals surface area contributed by atoms with Crippen molar-refractivity contribution in [2.45, 2.75) is 11.2 Å². The summed E-state index contributed by atoms with van der Waals surface area (Å²) in [7, 11) is 0. The summed E-state index contributed by atoms with van der Waals surface area (Å²) < 4.78 is 1.09. The van der Waals surface area contributed by atoms with Crippen LogP contribution in [0.2, 0.25) is 5.02 Å². The minimum absolute atomic E-state index is 0.291. The lowest BCUT2D eigenvalue weighted by Gasteiger charge is -2.11. The van der Waals surface area contributed by atoms with E-state index in [1.807, 2.05) is 18.2 Å². The fourth-order valence-electron chi connectivity index (χ4n) is 1.47. The second-order valence-electron chi connectivity index (χ2n) is 3.42. The lowest BCUT2D eigenvalue weighted by atomic mass is 10.1. The van der Waals surface area contributed by atoms with Crippen LogP contribution in [0, 0.1) is 0 Å². The van der Waals surface area contributed by atoms with Crippen molar-refractivity contribution in [3.05, 3.63) is 55.6 Å². The maximum absolute atomic E-state index is 6.00. The quantitative estimate of drug-likeness (QED) is 0.587. The Hall–Kier alpha value is 0.170. The molecule has 0 fully saturated rings. The molecule has 0 saturated carbocycles. The SMILES string of the molecule is Clc1ccc(Br)c(C(Br)Cc2cccs2)c1. The van der Waals surface area contributed by atoms with Crippen LogP contribution in [0.15, 0.2) is 40.2 Å². The molecular formula is C12H9Br2ClS. The molecule has 0 aliphatic rings. The minimum Gasteiger partial charge on any atom is -0.149 e. The molecule has 0 spiro atoms. The Balaban J connectivity index is 2.20. The number of hydrogen-bond acceptors (Lipinski definition) is 1. The van der Waals surface area contributed by atoms with E-state index in [0.29, 0.717) is 4.83 Å². The van der Waals surface area contributed by atoms with E-state index in [1.165, 1.54) is 10.4 Å². The Morgan fingerprint density at radius 2 is 2.12 bits per heavy atom. The highest BCUT2D eigenvalue weighted by Crippen LogP contribution is 2.35. The molecule has 1 unspecified atom stereocenters. The van der Waals surface area contributed by atoms with Gasteiger partial charge in [-0.3, -0.25) is 0 Å². The molecule has 0 aliphatic carbocycles. The van der Waals surface area contributed by atoms with E-state index in [9.17, 15) is 0 Å². The van der Waals surface area contributed by atoms with Crippen molar-refractivity contribution >= 4 is 54.8 Å². The number of alkyl halides is 1. The maximum Gasteiger partial charge on any atom is 0.0455 e. The molecule has 1 atom stereocenters. The van der Waals surface area contributed by atoms with Crippen molar-refractivity contribution < 1.29 is 0 Å². The maximum atomic E-state index is 6.00. The molecule has 2 aromatic rings. The summed E-state index contributed by atoms with van der Waals surface area (Å²) in [5.41, 5.74) is 1.20. The Morgan fingerprint density at radius 3 is 2.81 bits per heavy atom. The lowest BCUT2D eigenvalue weighted by Crippen LogP contribution is -1.94. The number of rotatable bonds is 3. The third-order valence-electron chi connectivity index (χ3n) is 2.26. The predicted octanol–water partition coefficient (Wildman–Crippen LogP) is 5.84. The van der Waals surface area contributed by atoms with Crippen molar-refractivity contribution in [3.63, 3.8) is 0 Å². The van der Waals surface area contributed by atoms with Gasteiger partial charge in [0.15, 0.2) is 0 Å². The van der Waals surface area contributed by atoms with Gasteiger partial charge in [0.25, 0.3) is 0 Å². The first kappa shape index (κ1) is 12.6. The average molecular weight is 381 g/mol. The van der Waals surface area contributed by atoms with E-state index in [4.69, 9.17) is 11.6 Å². The van der Waals surface area contributed by atoms with E-state index >= 15 is 0 Å². The zero-order valence-electron chi connectivity index (χ0n) is 8.29. The first-order valence-corrected chi connectivity index (χ1v) is 7.75. The Bertz CT molecular complexity index is 468. The standard InChI is InChI=1S/C12H9Br2ClS/c13-11-4-3-8(15)6-10(11)12(14)7-9-2-1-5-16-9/h1-6,12H,7H2. The van der Waals surface area contributed by atoms with Gasteiger partial charge in [0.2, 0.25) is 0 Å². The highest BCUT2D eigenvalue weighted by atomic mass is 79.9. The van der Waals surface area contributed by atoms with E-state index in [2.05, 4.69) is 49.4 Å². The molecule has 0 saturated heterocycles. The highest BCUT2D eigenvalue weighted by Gasteiger charge is 2.12. The minimum atomic E-state index is 0.291. The predicted molar refractivity (Wildman–Crippen MR) is 78.8 cm³/mol. The number of hydrogen-bond donors (Lipinski definition) is 0. The molecule has 2 rings (SSSR count). The van der Waals surface area contributed by atoms with Crippen LogP contribution in [0.4, 0.5) is 0 Å². The van der Waals surface area contributed by atoms with E-state index < -0.39 is 0 Å². The first-order chi connectivity index (χ1) is 7.66. The molecule has 1 heterocycles. The fraction of sp³-hybridized carbons (Fsp3) is 0.167. The molecule has 4 heteroatoms. The Labute approximate surface area is 121 Å². The number of halogens is 3. The van der Waals surface area contributed by atoms with Gasteiger partial charge in [0, 0.05) is 19.2 Å². The van der Waals surface area contributed by atoms with Crippen molar-refractivity contribution in [2.75, 3.05) is 0 Å². The topological polar surface area (TPSA) is 0 Å². The van der Waals surface area contributed by atoms with Crippen molar-refractivity contribution in [2.24, 2.45) is 0 Å². The summed E-state index contributed by atoms with van der Waals surface area (Å²) in [6, 6.07) is 10.1. The molecule has 0 bridgehead atoms. The van der Waals surface area contributed by atoms with Crippen LogP contribution in [0.5, 0.6) is 0 Å². The number of thiophene rings is 1. The molecular weight excluding hydrogens is 371 g/mol. The van der Waals surface area contributed by atoms with Crippen LogP contribution in [0.3, 0.4) is 0 Å². The van der Waals surface area contributed by atoms with Gasteiger partial charge in [-0.15, -0.1) is 11.3 Å². The lowest BCUT2D eigenvalue weighted by molar-refractivity contribution is 0.963. The van der Waals surface area contributed by atoms with Gasteiger partial charge in [-0.1, -0.05) is 49.5 Å². The molecule has 0 N–H and O–H groups in total. The smallest absolute Gasteiger partial charge is 0.0455 e. The molecule has 0 amide bonds. The highest BCUT2D eigenvalue weighted by molar-refractivity contribution is 9.11. The van der Waals surface area contributed by atoms with Crippen LogP contribution in [0.25, 0.3) is 0 Å². The molecule has 0 aliphatic heterocycles. The van der Waals surface area contributed by atoms with Crippen LogP contribution >= 0.6 is 54.8 Å². The normalized spacial score (nSPS) is 12.7. The zero-order chi connectivity index (χ0) is 11.5. The summed E-state index contributed by atoms with van der Waals surface area (Å²) in [6.45, 7) is 0. The molecule has 1 aromatic carbocycles. The Kier molecular flexibility index (Phi) is 4.48. The van der Waals surface area contributed by atoms with Gasteiger partial charge in [0.05, 0.1) is 0 Å². The van der Waals surface area contributed by atoms with E-state index in [0.717, 1.165) is 15.9 Å². The van der Waals surface area contributed by atoms with Gasteiger partial charge in [0.1, 0.15) is 0 Å². The first-order valence-electron chi connectivity index (χ1n) is 4.78. The van der Waals surface area contributed by atoms with E-state index in [-0.39, 0.29) is 0 Å². The van der Waals surface area contributed by atoms with Crippen LogP contribution < -0.4 is 0 Å². The number of benzene rings is 1. The second kappa shape index (κ2) is 5.67. The Morgan fingerprint density at radius 1 is 1.31 bits per heavy atom. The van der Waals surface area contributed by atoms with Crippen molar-refractivity contribution in [3.8, 4) is 0 Å². The summed E-state index contributed by atoms with van der Waals surface area (Å²) in [4.78, 5) is 1.66. The molecule has 0 nitrogen and oxygen atoms in total. The van der Waals surface area contributed by atoms with Crippen LogP contribution in [-0.4, -0.2) is 0 Å². The molecule has 84 valence electrons. The van der Waals surface area contributed by atoms with Gasteiger partial charge >= 0.3 is 0 Å². The van der Waals surface area contributed by atoms with E-state index in [1.54, 1.807) is 11.3 Å². The molecule has 1 aromatic heterocycles. The van der Waals surface area contributed by atoms with Gasteiger partial charge in [-0.25, -0.2) is 0 Å². The second-order valence-corrected chi connectivity index (χ2v) is 6.85. The fourth-order valence-corrected chi connectivity index (χ4v) is 4.17. The third kappa shape index (κ3) is 3.10. The van der Waals surface area contributed by atoms with Gasteiger partial charge in [-0.2, -0.15) is 0 Å². The van der Waals surface area contributed by atoms with Gasteiger partial charge < -0.3 is 0 Å². The zero-order valence-corrected chi connectivity index (χ0v) is 13.0. The van der Waals surface area contributed by atoms with Crippen molar-refractivity contribution in [1.82, 2.24) is 0 Å². The molecule has 16 heavy (non-hydrogen) atoms. The summed E-state index contributed by atoms with van der Waals surface area (Å²) in [5, 5.41) is 2.87. The monoisotopic (exact) mass is 378 g/mol. The summed E-state index contributed by atoms with van der Waals surface area (Å²) in [6.07, 6.45) is 0.983. The largest absolute Gasteiger partial charge is 0.149 e. The van der Waals surface area contributed by atoms with Crippen LogP contribution in [-0.2, 0) is 6.42 Å². The third-order valence-corrected chi connectivity index (χ3v) is 4.93. The average Bonchev–Trinajstić information content (AvgIpc) is 2.74. The molecule has 0 radical (unpaired) electrons. The summed E-state index contributed by atoms with van der Waals surface area (Å²) in [5.74, 6) is 0.